The van der Waals surface area contributed by atoms with Crippen LogP contribution in [0.25, 0.3) is 0 Å². The predicted octanol–water partition coefficient (Wildman–Crippen LogP) is -0.349. The second-order valence-electron chi connectivity index (χ2n) is 9.07. The third kappa shape index (κ3) is 10.3. The van der Waals surface area contributed by atoms with Crippen molar-refractivity contribution < 1.29 is 29.4 Å². The summed E-state index contributed by atoms with van der Waals surface area (Å²) in [7, 11) is 0. The van der Waals surface area contributed by atoms with E-state index in [1.807, 2.05) is 19.9 Å². The Bertz CT molecular complexity index is 851. The summed E-state index contributed by atoms with van der Waals surface area (Å²) >= 11 is 0. The van der Waals surface area contributed by atoms with Crippen molar-refractivity contribution in [1.82, 2.24) is 16.0 Å². The van der Waals surface area contributed by atoms with Crippen molar-refractivity contribution in [2.75, 3.05) is 6.54 Å². The molecule has 1 aromatic rings. The molecule has 11 nitrogen and oxygen atoms in total. The van der Waals surface area contributed by atoms with Crippen LogP contribution in [0.3, 0.4) is 0 Å². The maximum atomic E-state index is 13.2. The van der Waals surface area contributed by atoms with Crippen LogP contribution in [0.15, 0.2) is 30.3 Å². The Kier molecular flexibility index (Phi) is 13.7. The number of carboxylic acids is 1. The maximum absolute atomic E-state index is 13.2. The number of hydrogen-bond donors (Lipinski definition) is 7. The fourth-order valence-corrected chi connectivity index (χ4v) is 3.51. The molecule has 0 spiro atoms. The number of hydrogen-bond acceptors (Lipinski definition) is 7. The molecule has 0 heterocycles. The van der Waals surface area contributed by atoms with Crippen molar-refractivity contribution in [3.8, 4) is 0 Å². The van der Waals surface area contributed by atoms with Crippen molar-refractivity contribution in [3.63, 3.8) is 0 Å². The van der Waals surface area contributed by atoms with Gasteiger partial charge in [-0.05, 0) is 44.2 Å². The molecule has 3 amide bonds. The van der Waals surface area contributed by atoms with E-state index in [1.165, 1.54) is 6.92 Å². The Hall–Kier alpha value is -3.02. The maximum Gasteiger partial charge on any atom is 0.326 e. The van der Waals surface area contributed by atoms with E-state index in [0.717, 1.165) is 5.56 Å². The van der Waals surface area contributed by atoms with Gasteiger partial charge in [-0.25, -0.2) is 4.79 Å². The Balaban J connectivity index is 3.04. The molecular weight excluding hydrogens is 466 g/mol. The molecule has 0 aliphatic heterocycles. The molecule has 202 valence electrons. The van der Waals surface area contributed by atoms with Gasteiger partial charge in [-0.15, -0.1) is 0 Å². The van der Waals surface area contributed by atoms with Crippen LogP contribution in [0.5, 0.6) is 0 Å². The lowest BCUT2D eigenvalue weighted by atomic mass is 9.98. The van der Waals surface area contributed by atoms with E-state index in [4.69, 9.17) is 11.5 Å². The van der Waals surface area contributed by atoms with Gasteiger partial charge in [0, 0.05) is 6.42 Å². The van der Waals surface area contributed by atoms with Crippen LogP contribution in [-0.4, -0.2) is 70.7 Å². The summed E-state index contributed by atoms with van der Waals surface area (Å²) in [5.74, 6) is -3.42. The molecule has 6 unspecified atom stereocenters. The first-order chi connectivity index (χ1) is 17.0. The minimum Gasteiger partial charge on any atom is -0.480 e. The number of amides is 3. The van der Waals surface area contributed by atoms with Crippen molar-refractivity contribution >= 4 is 23.7 Å². The summed E-state index contributed by atoms with van der Waals surface area (Å²) in [5, 5.41) is 27.1. The zero-order valence-electron chi connectivity index (χ0n) is 21.3. The molecule has 0 aliphatic carbocycles. The van der Waals surface area contributed by atoms with Crippen molar-refractivity contribution in [2.24, 2.45) is 17.4 Å². The van der Waals surface area contributed by atoms with E-state index in [-0.39, 0.29) is 18.8 Å². The Morgan fingerprint density at radius 3 is 2.06 bits per heavy atom. The smallest absolute Gasteiger partial charge is 0.326 e. The standard InChI is InChI=1S/C25H41N5O6/c1-4-15(2)20(27)23(33)29-19(14-17-10-6-5-7-11-17)22(32)30-21(16(3)31)24(34)28-18(25(35)36)12-8-9-13-26/h5-7,10-11,15-16,18-21,31H,4,8-9,12-14,26-27H2,1-3H3,(H,28,34)(H,29,33)(H,30,32)(H,35,36). The first-order valence-corrected chi connectivity index (χ1v) is 12.3. The molecule has 0 aliphatic rings. The number of nitrogens with one attached hydrogen (secondary N) is 3. The monoisotopic (exact) mass is 507 g/mol. The van der Waals surface area contributed by atoms with E-state index in [1.54, 1.807) is 24.3 Å². The molecule has 36 heavy (non-hydrogen) atoms. The van der Waals surface area contributed by atoms with E-state index >= 15 is 0 Å². The van der Waals surface area contributed by atoms with Gasteiger partial charge in [-0.2, -0.15) is 0 Å². The molecule has 0 aromatic heterocycles. The highest BCUT2D eigenvalue weighted by Crippen LogP contribution is 2.09. The molecular formula is C25H41N5O6. The molecule has 0 saturated heterocycles. The van der Waals surface area contributed by atoms with E-state index in [0.29, 0.717) is 25.8 Å². The highest BCUT2D eigenvalue weighted by molar-refractivity contribution is 5.94. The highest BCUT2D eigenvalue weighted by Gasteiger charge is 2.33. The van der Waals surface area contributed by atoms with Gasteiger partial charge in [0.15, 0.2) is 0 Å². The van der Waals surface area contributed by atoms with Crippen LogP contribution in [0.4, 0.5) is 0 Å². The van der Waals surface area contributed by atoms with Gasteiger partial charge in [-0.3, -0.25) is 14.4 Å². The lowest BCUT2D eigenvalue weighted by molar-refractivity contribution is -0.143. The van der Waals surface area contributed by atoms with E-state index in [2.05, 4.69) is 16.0 Å². The summed E-state index contributed by atoms with van der Waals surface area (Å²) < 4.78 is 0. The van der Waals surface area contributed by atoms with Crippen LogP contribution in [0.2, 0.25) is 0 Å². The third-order valence-electron chi connectivity index (χ3n) is 6.10. The average molecular weight is 508 g/mol. The van der Waals surface area contributed by atoms with Gasteiger partial charge >= 0.3 is 5.97 Å². The number of rotatable bonds is 16. The number of unbranched alkanes of at least 4 members (excludes halogenated alkanes) is 1. The lowest BCUT2D eigenvalue weighted by Gasteiger charge is -2.27. The van der Waals surface area contributed by atoms with Crippen LogP contribution < -0.4 is 27.4 Å². The number of aliphatic hydroxyl groups excluding tert-OH is 1. The predicted molar refractivity (Wildman–Crippen MR) is 136 cm³/mol. The SMILES string of the molecule is CCC(C)C(N)C(=O)NC(Cc1ccccc1)C(=O)NC(C(=O)NC(CCCCN)C(=O)O)C(C)O. The molecule has 0 saturated carbocycles. The normalized spacial score (nSPS) is 16.1. The molecule has 9 N–H and O–H groups in total. The molecule has 6 atom stereocenters. The number of nitrogens with two attached hydrogens (primary N) is 2. The molecule has 0 radical (unpaired) electrons. The van der Waals surface area contributed by atoms with Gasteiger partial charge in [0.1, 0.15) is 18.1 Å². The van der Waals surface area contributed by atoms with Crippen molar-refractivity contribution in [3.05, 3.63) is 35.9 Å². The largest absolute Gasteiger partial charge is 0.480 e. The fraction of sp³-hybridized carbons (Fsp3) is 0.600. The number of aliphatic carboxylic acids is 1. The second-order valence-corrected chi connectivity index (χ2v) is 9.07. The second kappa shape index (κ2) is 15.9. The Morgan fingerprint density at radius 2 is 1.53 bits per heavy atom. The Morgan fingerprint density at radius 1 is 0.917 bits per heavy atom. The van der Waals surface area contributed by atoms with Crippen LogP contribution >= 0.6 is 0 Å². The van der Waals surface area contributed by atoms with Crippen LogP contribution in [0.1, 0.15) is 52.0 Å². The van der Waals surface area contributed by atoms with Crippen molar-refractivity contribution in [1.29, 1.82) is 0 Å². The fourth-order valence-electron chi connectivity index (χ4n) is 3.51. The summed E-state index contributed by atoms with van der Waals surface area (Å²) in [4.78, 5) is 50.3. The quantitative estimate of drug-likeness (QED) is 0.147. The highest BCUT2D eigenvalue weighted by atomic mass is 16.4. The van der Waals surface area contributed by atoms with Gasteiger partial charge in [0.25, 0.3) is 0 Å². The molecule has 1 aromatic carbocycles. The summed E-state index contributed by atoms with van der Waals surface area (Å²) in [6, 6.07) is 4.43. The van der Waals surface area contributed by atoms with Crippen LogP contribution in [-0.2, 0) is 25.6 Å². The van der Waals surface area contributed by atoms with Gasteiger partial charge in [0.2, 0.25) is 17.7 Å². The van der Waals surface area contributed by atoms with Gasteiger partial charge < -0.3 is 37.6 Å². The average Bonchev–Trinajstić information content (AvgIpc) is 2.85. The molecule has 11 heteroatoms. The summed E-state index contributed by atoms with van der Waals surface area (Å²) in [5.41, 5.74) is 12.2. The number of aliphatic hydroxyl groups is 1. The van der Waals surface area contributed by atoms with Gasteiger partial charge in [-0.1, -0.05) is 50.6 Å². The third-order valence-corrected chi connectivity index (χ3v) is 6.10. The number of carbonyl (C=O) groups excluding carboxylic acids is 3. The van der Waals surface area contributed by atoms with Crippen LogP contribution in [0, 0.1) is 5.92 Å². The molecule has 0 bridgehead atoms. The first kappa shape index (κ1) is 31.0. The number of carbonyl (C=O) groups is 4. The lowest BCUT2D eigenvalue weighted by Crippen LogP contribution is -2.60. The zero-order chi connectivity index (χ0) is 27.3. The zero-order valence-corrected chi connectivity index (χ0v) is 21.3. The summed E-state index contributed by atoms with van der Waals surface area (Å²) in [6.07, 6.45) is 0.694. The summed E-state index contributed by atoms with van der Waals surface area (Å²) in [6.45, 7) is 5.43. The first-order valence-electron chi connectivity index (χ1n) is 12.3. The molecule has 0 fully saturated rings. The number of carboxylic acid groups (broad SMARTS) is 1. The molecule has 1 rings (SSSR count). The topological polar surface area (TPSA) is 197 Å². The van der Waals surface area contributed by atoms with E-state index < -0.39 is 54.0 Å². The minimum absolute atomic E-state index is 0.117. The number of benzene rings is 1. The Labute approximate surface area is 212 Å². The van der Waals surface area contributed by atoms with Crippen molar-refractivity contribution in [2.45, 2.75) is 83.1 Å². The van der Waals surface area contributed by atoms with E-state index in [9.17, 15) is 29.4 Å². The minimum atomic E-state index is -1.44. The van der Waals surface area contributed by atoms with Gasteiger partial charge in [0.05, 0.1) is 12.1 Å².